The van der Waals surface area contributed by atoms with E-state index in [1.54, 1.807) is 4.90 Å². The van der Waals surface area contributed by atoms with Crippen molar-refractivity contribution in [2.45, 2.75) is 32.6 Å². The lowest BCUT2D eigenvalue weighted by Gasteiger charge is -2.22. The van der Waals surface area contributed by atoms with E-state index in [0.29, 0.717) is 37.8 Å². The smallest absolute Gasteiger partial charge is 0.227 e. The second-order valence-electron chi connectivity index (χ2n) is 6.23. The Morgan fingerprint density at radius 2 is 2.04 bits per heavy atom. The van der Waals surface area contributed by atoms with Crippen molar-refractivity contribution in [3.05, 3.63) is 18.2 Å². The van der Waals surface area contributed by atoms with Gasteiger partial charge in [-0.2, -0.15) is 0 Å². The standard InChI is InChI=1S/C18H24N2O4/c1-2-3-4-7-19-18(22)13-10-17(21)20(12-13)14-5-6-15-16(11-14)24-9-8-23-15/h5-6,11,13H,2-4,7-10,12H2,1H3,(H,19,22)/t13-/m0/s1. The highest BCUT2D eigenvalue weighted by molar-refractivity contribution is 6.00. The minimum atomic E-state index is -0.285. The molecule has 1 N–H and O–H groups in total. The van der Waals surface area contributed by atoms with Crippen molar-refractivity contribution >= 4 is 17.5 Å². The fraction of sp³-hybridized carbons (Fsp3) is 0.556. The van der Waals surface area contributed by atoms with Gasteiger partial charge in [0.1, 0.15) is 13.2 Å². The fourth-order valence-corrected chi connectivity index (χ4v) is 3.06. The lowest BCUT2D eigenvalue weighted by Crippen LogP contribution is -2.33. The number of benzene rings is 1. The van der Waals surface area contributed by atoms with E-state index in [-0.39, 0.29) is 24.2 Å². The van der Waals surface area contributed by atoms with Crippen LogP contribution in [0, 0.1) is 5.92 Å². The number of hydrogen-bond acceptors (Lipinski definition) is 4. The molecular weight excluding hydrogens is 308 g/mol. The molecule has 24 heavy (non-hydrogen) atoms. The topological polar surface area (TPSA) is 67.9 Å². The Morgan fingerprint density at radius 1 is 1.25 bits per heavy atom. The van der Waals surface area contributed by atoms with E-state index in [1.807, 2.05) is 18.2 Å². The quantitative estimate of drug-likeness (QED) is 0.810. The second kappa shape index (κ2) is 7.55. The molecule has 0 unspecified atom stereocenters. The molecule has 0 bridgehead atoms. The molecule has 130 valence electrons. The molecule has 2 heterocycles. The van der Waals surface area contributed by atoms with Crippen LogP contribution in [0.4, 0.5) is 5.69 Å². The van der Waals surface area contributed by atoms with Crippen LogP contribution in [0.3, 0.4) is 0 Å². The zero-order chi connectivity index (χ0) is 16.9. The molecule has 6 heteroatoms. The van der Waals surface area contributed by atoms with Gasteiger partial charge in [-0.05, 0) is 18.6 Å². The highest BCUT2D eigenvalue weighted by atomic mass is 16.6. The van der Waals surface area contributed by atoms with E-state index < -0.39 is 0 Å². The number of amides is 2. The van der Waals surface area contributed by atoms with Gasteiger partial charge in [0.2, 0.25) is 11.8 Å². The molecule has 1 aromatic rings. The third-order valence-corrected chi connectivity index (χ3v) is 4.41. The largest absolute Gasteiger partial charge is 0.486 e. The van der Waals surface area contributed by atoms with Gasteiger partial charge in [-0.1, -0.05) is 19.8 Å². The zero-order valence-corrected chi connectivity index (χ0v) is 14.0. The van der Waals surface area contributed by atoms with E-state index >= 15 is 0 Å². The van der Waals surface area contributed by atoms with Crippen molar-refractivity contribution in [2.75, 3.05) is 31.2 Å². The van der Waals surface area contributed by atoms with Gasteiger partial charge < -0.3 is 19.7 Å². The van der Waals surface area contributed by atoms with Crippen molar-refractivity contribution in [3.63, 3.8) is 0 Å². The first-order valence-electron chi connectivity index (χ1n) is 8.66. The van der Waals surface area contributed by atoms with E-state index in [4.69, 9.17) is 9.47 Å². The van der Waals surface area contributed by atoms with Crippen LogP contribution < -0.4 is 19.7 Å². The van der Waals surface area contributed by atoms with Gasteiger partial charge in [0.15, 0.2) is 11.5 Å². The average molecular weight is 332 g/mol. The van der Waals surface area contributed by atoms with Crippen molar-refractivity contribution in [2.24, 2.45) is 5.92 Å². The Morgan fingerprint density at radius 3 is 2.83 bits per heavy atom. The average Bonchev–Trinajstić information content (AvgIpc) is 3.00. The van der Waals surface area contributed by atoms with Gasteiger partial charge in [0, 0.05) is 31.3 Å². The molecule has 1 aromatic carbocycles. The maximum atomic E-state index is 12.3. The third-order valence-electron chi connectivity index (χ3n) is 4.41. The number of anilines is 1. The first-order valence-corrected chi connectivity index (χ1v) is 8.66. The molecule has 0 spiro atoms. The summed E-state index contributed by atoms with van der Waals surface area (Å²) in [6, 6.07) is 5.47. The number of rotatable bonds is 6. The summed E-state index contributed by atoms with van der Waals surface area (Å²) in [5, 5.41) is 2.94. The van der Waals surface area contributed by atoms with Crippen molar-refractivity contribution in [1.82, 2.24) is 5.32 Å². The van der Waals surface area contributed by atoms with Gasteiger partial charge in [-0.25, -0.2) is 0 Å². The summed E-state index contributed by atoms with van der Waals surface area (Å²) in [5.41, 5.74) is 0.755. The van der Waals surface area contributed by atoms with Crippen LogP contribution in [0.2, 0.25) is 0 Å². The number of nitrogens with one attached hydrogen (secondary N) is 1. The number of ether oxygens (including phenoxy) is 2. The highest BCUT2D eigenvalue weighted by Gasteiger charge is 2.35. The maximum Gasteiger partial charge on any atom is 0.227 e. The molecule has 0 aliphatic carbocycles. The predicted octanol–water partition coefficient (Wildman–Crippen LogP) is 2.12. The van der Waals surface area contributed by atoms with E-state index in [2.05, 4.69) is 12.2 Å². The summed E-state index contributed by atoms with van der Waals surface area (Å²) in [7, 11) is 0. The number of unbranched alkanes of at least 4 members (excludes halogenated alkanes) is 2. The highest BCUT2D eigenvalue weighted by Crippen LogP contribution is 2.35. The maximum absolute atomic E-state index is 12.3. The number of carbonyl (C=O) groups excluding carboxylic acids is 2. The second-order valence-corrected chi connectivity index (χ2v) is 6.23. The molecule has 2 amide bonds. The minimum Gasteiger partial charge on any atom is -0.486 e. The van der Waals surface area contributed by atoms with Gasteiger partial charge in [0.05, 0.1) is 5.92 Å². The fourth-order valence-electron chi connectivity index (χ4n) is 3.06. The molecule has 1 saturated heterocycles. The minimum absolute atomic E-state index is 0.0274. The van der Waals surface area contributed by atoms with E-state index in [1.165, 1.54) is 0 Å². The monoisotopic (exact) mass is 332 g/mol. The summed E-state index contributed by atoms with van der Waals surface area (Å²) in [5.74, 6) is 1.01. The number of hydrogen-bond donors (Lipinski definition) is 1. The summed E-state index contributed by atoms with van der Waals surface area (Å²) in [6.07, 6.45) is 3.46. The van der Waals surface area contributed by atoms with Crippen LogP contribution in [0.5, 0.6) is 11.5 Å². The molecule has 1 atom stereocenters. The van der Waals surface area contributed by atoms with Gasteiger partial charge in [0.25, 0.3) is 0 Å². The molecule has 1 fully saturated rings. The first kappa shape index (κ1) is 16.6. The Hall–Kier alpha value is -2.24. The Bertz CT molecular complexity index is 617. The van der Waals surface area contributed by atoms with Crippen LogP contribution in [0.25, 0.3) is 0 Å². The summed E-state index contributed by atoms with van der Waals surface area (Å²) in [4.78, 5) is 26.2. The molecule has 0 radical (unpaired) electrons. The summed E-state index contributed by atoms with van der Waals surface area (Å²) < 4.78 is 11.1. The van der Waals surface area contributed by atoms with E-state index in [9.17, 15) is 9.59 Å². The number of carbonyl (C=O) groups is 2. The predicted molar refractivity (Wildman–Crippen MR) is 90.4 cm³/mol. The normalized spacial score (nSPS) is 19.5. The third kappa shape index (κ3) is 3.63. The van der Waals surface area contributed by atoms with Crippen molar-refractivity contribution in [1.29, 1.82) is 0 Å². The van der Waals surface area contributed by atoms with Crippen LogP contribution in [0.1, 0.15) is 32.6 Å². The Balaban J connectivity index is 1.61. The number of fused-ring (bicyclic) bond motifs is 1. The van der Waals surface area contributed by atoms with E-state index in [0.717, 1.165) is 24.9 Å². The Kier molecular flexibility index (Phi) is 5.23. The van der Waals surface area contributed by atoms with Crippen molar-refractivity contribution < 1.29 is 19.1 Å². The van der Waals surface area contributed by atoms with Crippen LogP contribution >= 0.6 is 0 Å². The van der Waals surface area contributed by atoms with Crippen LogP contribution in [-0.4, -0.2) is 38.1 Å². The lowest BCUT2D eigenvalue weighted by molar-refractivity contribution is -0.126. The van der Waals surface area contributed by atoms with Gasteiger partial charge in [-0.3, -0.25) is 9.59 Å². The SMILES string of the molecule is CCCCCNC(=O)[C@H]1CC(=O)N(c2ccc3c(c2)OCCO3)C1. The molecule has 3 rings (SSSR count). The molecule has 2 aliphatic rings. The number of nitrogens with zero attached hydrogens (tertiary/aromatic N) is 1. The summed E-state index contributed by atoms with van der Waals surface area (Å²) >= 11 is 0. The first-order chi connectivity index (χ1) is 11.7. The Labute approximate surface area is 142 Å². The van der Waals surface area contributed by atoms with Crippen LogP contribution in [-0.2, 0) is 9.59 Å². The molecule has 6 nitrogen and oxygen atoms in total. The molecule has 0 saturated carbocycles. The van der Waals surface area contributed by atoms with Gasteiger partial charge in [-0.15, -0.1) is 0 Å². The molecular formula is C18H24N2O4. The van der Waals surface area contributed by atoms with Crippen molar-refractivity contribution in [3.8, 4) is 11.5 Å². The zero-order valence-electron chi connectivity index (χ0n) is 14.0. The van der Waals surface area contributed by atoms with Gasteiger partial charge >= 0.3 is 0 Å². The van der Waals surface area contributed by atoms with Crippen LogP contribution in [0.15, 0.2) is 18.2 Å². The summed E-state index contributed by atoms with van der Waals surface area (Å²) in [6.45, 7) is 4.27. The molecule has 2 aliphatic heterocycles. The molecule has 0 aromatic heterocycles. The lowest BCUT2D eigenvalue weighted by atomic mass is 10.1.